The van der Waals surface area contributed by atoms with E-state index >= 15 is 0 Å². The lowest BCUT2D eigenvalue weighted by Gasteiger charge is -2.30. The first-order chi connectivity index (χ1) is 25.1. The van der Waals surface area contributed by atoms with E-state index in [2.05, 4.69) is 19.1 Å². The number of cyclic esters (lactones) is 1. The number of methoxy groups -OCH3 is 2. The molecule has 1 saturated heterocycles. The van der Waals surface area contributed by atoms with Crippen molar-refractivity contribution in [3.8, 4) is 5.75 Å². The monoisotopic (exact) mass is 722 g/mol. The van der Waals surface area contributed by atoms with Gasteiger partial charge in [-0.05, 0) is 87.5 Å². The number of rotatable bonds is 18. The van der Waals surface area contributed by atoms with Gasteiger partial charge in [-0.1, -0.05) is 76.8 Å². The molecule has 288 valence electrons. The van der Waals surface area contributed by atoms with Gasteiger partial charge in [0.2, 0.25) is 0 Å². The molecule has 0 aromatic heterocycles. The summed E-state index contributed by atoms with van der Waals surface area (Å²) in [7, 11) is 3.39. The van der Waals surface area contributed by atoms with Gasteiger partial charge >= 0.3 is 11.9 Å². The SMILES string of the molecule is CCCC(CC)C(O)OCC1OC(=O)C2(C(=O)OC(COc3c(C(C)OC)cc(C4CCCCC4)cc3C(C)OC)c3ccccc3)CC(C)CC12. The van der Waals surface area contributed by atoms with Gasteiger partial charge in [-0.25, -0.2) is 0 Å². The van der Waals surface area contributed by atoms with Crippen LogP contribution in [0.25, 0.3) is 0 Å². The summed E-state index contributed by atoms with van der Waals surface area (Å²) in [6, 6.07) is 14.0. The van der Waals surface area contributed by atoms with Crippen LogP contribution >= 0.6 is 0 Å². The van der Waals surface area contributed by atoms with E-state index in [9.17, 15) is 14.7 Å². The molecule has 5 rings (SSSR count). The third-order valence-electron chi connectivity index (χ3n) is 12.0. The summed E-state index contributed by atoms with van der Waals surface area (Å²) in [5.74, 6) is -0.368. The summed E-state index contributed by atoms with van der Waals surface area (Å²) in [5, 5.41) is 10.8. The number of hydrogen-bond donors (Lipinski definition) is 1. The zero-order chi connectivity index (χ0) is 37.4. The molecule has 9 atom stereocenters. The highest BCUT2D eigenvalue weighted by atomic mass is 16.6. The maximum absolute atomic E-state index is 14.5. The topological polar surface area (TPSA) is 110 Å². The molecule has 9 nitrogen and oxygen atoms in total. The number of hydrogen-bond acceptors (Lipinski definition) is 9. The second-order valence-corrected chi connectivity index (χ2v) is 15.5. The highest BCUT2D eigenvalue weighted by Gasteiger charge is 2.67. The third kappa shape index (κ3) is 8.69. The molecular formula is C43H62O9. The van der Waals surface area contributed by atoms with Gasteiger partial charge in [0.05, 0.1) is 18.8 Å². The summed E-state index contributed by atoms with van der Waals surface area (Å²) >= 11 is 0. The van der Waals surface area contributed by atoms with E-state index in [0.717, 1.165) is 48.8 Å². The minimum Gasteiger partial charge on any atom is -0.489 e. The summed E-state index contributed by atoms with van der Waals surface area (Å²) in [6.07, 6.45) is 6.61. The fraction of sp³-hybridized carbons (Fsp3) is 0.674. The van der Waals surface area contributed by atoms with Crippen LogP contribution in [-0.2, 0) is 33.3 Å². The second-order valence-electron chi connectivity index (χ2n) is 15.5. The lowest BCUT2D eigenvalue weighted by Crippen LogP contribution is -2.42. The second kappa shape index (κ2) is 18.4. The van der Waals surface area contributed by atoms with Crippen LogP contribution in [0.5, 0.6) is 5.75 Å². The minimum atomic E-state index is -1.45. The number of aliphatic hydroxyl groups is 1. The average molecular weight is 723 g/mol. The molecule has 1 N–H and O–H groups in total. The Kier molecular flexibility index (Phi) is 14.2. The zero-order valence-electron chi connectivity index (χ0n) is 32.4. The number of fused-ring (bicyclic) bond motifs is 1. The van der Waals surface area contributed by atoms with Crippen molar-refractivity contribution in [2.24, 2.45) is 23.2 Å². The van der Waals surface area contributed by atoms with Crippen LogP contribution in [0.4, 0.5) is 0 Å². The van der Waals surface area contributed by atoms with Crippen LogP contribution in [0.15, 0.2) is 42.5 Å². The molecule has 2 aliphatic carbocycles. The van der Waals surface area contributed by atoms with Crippen molar-refractivity contribution < 1.29 is 43.1 Å². The largest absolute Gasteiger partial charge is 0.489 e. The number of carbonyl (C=O) groups is 2. The van der Waals surface area contributed by atoms with E-state index in [1.54, 1.807) is 14.2 Å². The summed E-state index contributed by atoms with van der Waals surface area (Å²) in [4.78, 5) is 28.3. The predicted octanol–water partition coefficient (Wildman–Crippen LogP) is 8.93. The van der Waals surface area contributed by atoms with Crippen LogP contribution in [0.3, 0.4) is 0 Å². The Morgan fingerprint density at radius 1 is 1.00 bits per heavy atom. The fourth-order valence-corrected chi connectivity index (χ4v) is 8.82. The molecule has 2 aromatic rings. The van der Waals surface area contributed by atoms with E-state index in [4.69, 9.17) is 28.4 Å². The van der Waals surface area contributed by atoms with Gasteiger partial charge in [-0.2, -0.15) is 0 Å². The molecule has 0 amide bonds. The molecule has 1 aliphatic heterocycles. The first-order valence-electron chi connectivity index (χ1n) is 19.7. The van der Waals surface area contributed by atoms with Gasteiger partial charge in [-0.15, -0.1) is 0 Å². The number of aliphatic hydroxyl groups excluding tert-OH is 1. The normalized spacial score (nSPS) is 26.2. The Hall–Kier alpha value is -2.98. The van der Waals surface area contributed by atoms with Crippen molar-refractivity contribution in [1.82, 2.24) is 0 Å². The lowest BCUT2D eigenvalue weighted by atomic mass is 9.77. The quantitative estimate of drug-likeness (QED) is 0.0916. The van der Waals surface area contributed by atoms with Gasteiger partial charge in [0.15, 0.2) is 17.8 Å². The molecule has 3 fully saturated rings. The highest BCUT2D eigenvalue weighted by Crippen LogP contribution is 2.55. The Balaban J connectivity index is 1.42. The molecular weight excluding hydrogens is 660 g/mol. The van der Waals surface area contributed by atoms with E-state index in [0.29, 0.717) is 24.5 Å². The molecule has 3 aliphatic rings. The van der Waals surface area contributed by atoms with Crippen LogP contribution in [0.2, 0.25) is 0 Å². The van der Waals surface area contributed by atoms with Gasteiger partial charge in [-0.3, -0.25) is 9.59 Å². The first-order valence-corrected chi connectivity index (χ1v) is 19.7. The standard InChI is InChI=1S/C43H62O9/c1-8-16-30(9-2)40(44)50-26-38-36-21-27(3)24-43(36,42(46)52-38)41(45)51-37(32-19-14-11-15-20-32)25-49-39-34(28(4)47-6)22-33(23-35(39)29(5)48-7)31-17-12-10-13-18-31/h11,14-15,19-20,22-23,27-31,36-38,40,44H,8-10,12-13,16-18,21,24-26H2,1-7H3. The maximum atomic E-state index is 14.5. The fourth-order valence-electron chi connectivity index (χ4n) is 8.82. The predicted molar refractivity (Wildman–Crippen MR) is 199 cm³/mol. The summed E-state index contributed by atoms with van der Waals surface area (Å²) < 4.78 is 36.6. The van der Waals surface area contributed by atoms with Crippen LogP contribution < -0.4 is 4.74 Å². The van der Waals surface area contributed by atoms with E-state index in [1.807, 2.05) is 58.0 Å². The number of carbonyl (C=O) groups excluding carboxylic acids is 2. The van der Waals surface area contributed by atoms with Crippen LogP contribution in [0.1, 0.15) is 145 Å². The molecule has 9 heteroatoms. The van der Waals surface area contributed by atoms with Crippen molar-refractivity contribution in [2.45, 2.75) is 135 Å². The van der Waals surface area contributed by atoms with E-state index in [1.165, 1.54) is 24.8 Å². The summed E-state index contributed by atoms with van der Waals surface area (Å²) in [5.41, 5.74) is 2.44. The first kappa shape index (κ1) is 40.2. The van der Waals surface area contributed by atoms with Crippen LogP contribution in [0, 0.1) is 23.2 Å². The maximum Gasteiger partial charge on any atom is 0.324 e. The van der Waals surface area contributed by atoms with Gasteiger partial charge in [0, 0.05) is 37.2 Å². The van der Waals surface area contributed by atoms with Crippen LogP contribution in [-0.4, -0.2) is 56.9 Å². The van der Waals surface area contributed by atoms with E-state index in [-0.39, 0.29) is 37.3 Å². The van der Waals surface area contributed by atoms with Crippen molar-refractivity contribution >= 4 is 11.9 Å². The Bertz CT molecular complexity index is 1420. The zero-order valence-corrected chi connectivity index (χ0v) is 32.4. The molecule has 52 heavy (non-hydrogen) atoms. The van der Waals surface area contributed by atoms with Gasteiger partial charge in [0.1, 0.15) is 18.5 Å². The minimum absolute atomic E-state index is 0.00536. The Morgan fingerprint density at radius 2 is 1.65 bits per heavy atom. The Labute approximate surface area is 311 Å². The molecule has 2 aromatic carbocycles. The van der Waals surface area contributed by atoms with E-state index < -0.39 is 41.8 Å². The highest BCUT2D eigenvalue weighted by molar-refractivity contribution is 6.02. The number of esters is 2. The van der Waals surface area contributed by atoms with Crippen molar-refractivity contribution in [2.75, 3.05) is 27.4 Å². The molecule has 0 radical (unpaired) electrons. The molecule has 0 bridgehead atoms. The summed E-state index contributed by atoms with van der Waals surface area (Å²) in [6.45, 7) is 10.2. The lowest BCUT2D eigenvalue weighted by molar-refractivity contribution is -0.173. The Morgan fingerprint density at radius 3 is 2.25 bits per heavy atom. The number of ether oxygens (including phenoxy) is 6. The van der Waals surface area contributed by atoms with Crippen molar-refractivity contribution in [3.05, 3.63) is 64.7 Å². The molecule has 1 heterocycles. The van der Waals surface area contributed by atoms with Gasteiger partial charge < -0.3 is 33.5 Å². The smallest absolute Gasteiger partial charge is 0.324 e. The third-order valence-corrected chi connectivity index (χ3v) is 12.0. The molecule has 2 saturated carbocycles. The molecule has 0 spiro atoms. The van der Waals surface area contributed by atoms with Crippen molar-refractivity contribution in [3.63, 3.8) is 0 Å². The average Bonchev–Trinajstić information content (AvgIpc) is 3.66. The molecule has 9 unspecified atom stereocenters. The van der Waals surface area contributed by atoms with Crippen molar-refractivity contribution in [1.29, 1.82) is 0 Å². The van der Waals surface area contributed by atoms with Gasteiger partial charge in [0.25, 0.3) is 0 Å². The number of benzene rings is 2.